The molecule has 0 aliphatic rings. The van der Waals surface area contributed by atoms with Crippen LogP contribution in [0.25, 0.3) is 0 Å². The lowest BCUT2D eigenvalue weighted by atomic mass is 10.1. The second-order valence-electron chi connectivity index (χ2n) is 7.12. The predicted molar refractivity (Wildman–Crippen MR) is 121 cm³/mol. The van der Waals surface area contributed by atoms with Crippen LogP contribution < -0.4 is 5.32 Å². The van der Waals surface area contributed by atoms with Gasteiger partial charge in [0, 0.05) is 12.3 Å². The first-order valence-corrected chi connectivity index (χ1v) is 12.8. The molecule has 0 rings (SSSR count). The van der Waals surface area contributed by atoms with Gasteiger partial charge >= 0.3 is 0 Å². The average Bonchev–Trinajstić information content (AvgIpc) is 2.63. The molecule has 0 aliphatic heterocycles. The van der Waals surface area contributed by atoms with Crippen LogP contribution in [0.4, 0.5) is 0 Å². The lowest BCUT2D eigenvalue weighted by Gasteiger charge is -2.16. The average molecular weight is 434 g/mol. The molecule has 0 spiro atoms. The maximum absolute atomic E-state index is 11.6. The fraction of sp³-hybridized carbons (Fsp3) is 0.857. The minimum Gasteiger partial charge on any atom is -0.379 e. The Labute approximate surface area is 180 Å². The summed E-state index contributed by atoms with van der Waals surface area (Å²) < 4.78 is 16.8. The van der Waals surface area contributed by atoms with Gasteiger partial charge in [0.2, 0.25) is 5.91 Å². The molecular formula is C21H39NO4S2. The van der Waals surface area contributed by atoms with Crippen molar-refractivity contribution in [2.75, 3.05) is 45.8 Å². The minimum absolute atomic E-state index is 0.0397. The standard InChI is InChI=1S/C21H39NO4S2/c1-18(2)8-6-10-21(28-27-5)26-17-16-25-15-14-24-13-11-20(23)22-12-7-9-19(3)4/h18-19,21H,6,8,10-17H2,1-5H3,(H,22,23). The summed E-state index contributed by atoms with van der Waals surface area (Å²) in [5.41, 5.74) is 0.234. The zero-order chi connectivity index (χ0) is 21.0. The van der Waals surface area contributed by atoms with E-state index in [2.05, 4.69) is 37.3 Å². The smallest absolute Gasteiger partial charge is 0.223 e. The molecule has 1 atom stereocenters. The van der Waals surface area contributed by atoms with Crippen LogP contribution in [0.3, 0.4) is 0 Å². The Morgan fingerprint density at radius 1 is 1.00 bits per heavy atom. The lowest BCUT2D eigenvalue weighted by molar-refractivity contribution is -0.122. The second-order valence-corrected chi connectivity index (χ2v) is 9.74. The van der Waals surface area contributed by atoms with Crippen LogP contribution in [-0.2, 0) is 19.0 Å². The molecular weight excluding hydrogens is 394 g/mol. The number of rotatable bonds is 17. The van der Waals surface area contributed by atoms with Gasteiger partial charge in [-0.15, -0.1) is 0 Å². The van der Waals surface area contributed by atoms with Gasteiger partial charge in [0.05, 0.1) is 39.6 Å². The van der Waals surface area contributed by atoms with Gasteiger partial charge in [-0.1, -0.05) is 67.5 Å². The SMILES string of the molecule is CSSC(CCCC(C)C)OCCOCCOCCC(=O)NCC#CC(C)C. The van der Waals surface area contributed by atoms with Gasteiger partial charge in [0.15, 0.2) is 0 Å². The second kappa shape index (κ2) is 19.9. The summed E-state index contributed by atoms with van der Waals surface area (Å²) in [7, 11) is 3.53. The summed E-state index contributed by atoms with van der Waals surface area (Å²) in [5, 5.41) is 2.75. The summed E-state index contributed by atoms with van der Waals surface area (Å²) in [6.45, 7) is 11.5. The monoisotopic (exact) mass is 433 g/mol. The summed E-state index contributed by atoms with van der Waals surface area (Å²) in [5.74, 6) is 6.95. The third-order valence-electron chi connectivity index (χ3n) is 3.57. The van der Waals surface area contributed by atoms with Crippen LogP contribution in [0.2, 0.25) is 0 Å². The normalized spacial score (nSPS) is 12.1. The van der Waals surface area contributed by atoms with Gasteiger partial charge in [-0.25, -0.2) is 0 Å². The Hall–Kier alpha value is -0.390. The van der Waals surface area contributed by atoms with Crippen molar-refractivity contribution in [2.45, 2.75) is 58.8 Å². The Kier molecular flexibility index (Phi) is 19.6. The summed E-state index contributed by atoms with van der Waals surface area (Å²) in [4.78, 5) is 11.6. The molecule has 5 nitrogen and oxygen atoms in total. The maximum atomic E-state index is 11.6. The largest absolute Gasteiger partial charge is 0.379 e. The highest BCUT2D eigenvalue weighted by atomic mass is 33.1. The molecule has 0 fully saturated rings. The predicted octanol–water partition coefficient (Wildman–Crippen LogP) is 4.37. The number of hydrogen-bond donors (Lipinski definition) is 1. The minimum atomic E-state index is -0.0397. The first kappa shape index (κ1) is 27.6. The molecule has 28 heavy (non-hydrogen) atoms. The van der Waals surface area contributed by atoms with Crippen LogP contribution >= 0.6 is 21.6 Å². The van der Waals surface area contributed by atoms with Crippen molar-refractivity contribution in [2.24, 2.45) is 11.8 Å². The van der Waals surface area contributed by atoms with Crippen molar-refractivity contribution >= 4 is 27.5 Å². The van der Waals surface area contributed by atoms with Crippen LogP contribution in [0, 0.1) is 23.7 Å². The fourth-order valence-electron chi connectivity index (χ4n) is 2.17. The summed E-state index contributed by atoms with van der Waals surface area (Å²) >= 11 is 0. The van der Waals surface area contributed by atoms with Crippen LogP contribution in [0.5, 0.6) is 0 Å². The van der Waals surface area contributed by atoms with Gasteiger partial charge in [0.25, 0.3) is 0 Å². The van der Waals surface area contributed by atoms with Gasteiger partial charge in [-0.05, 0) is 25.0 Å². The van der Waals surface area contributed by atoms with E-state index in [0.29, 0.717) is 51.9 Å². The highest BCUT2D eigenvalue weighted by Gasteiger charge is 2.09. The number of ether oxygens (including phenoxy) is 3. The lowest BCUT2D eigenvalue weighted by Crippen LogP contribution is -2.25. The van der Waals surface area contributed by atoms with Crippen LogP contribution in [-0.4, -0.2) is 57.2 Å². The van der Waals surface area contributed by atoms with Crippen molar-refractivity contribution < 1.29 is 19.0 Å². The number of carbonyl (C=O) groups excluding carboxylic acids is 1. The van der Waals surface area contributed by atoms with Gasteiger partial charge in [-0.2, -0.15) is 0 Å². The number of amides is 1. The van der Waals surface area contributed by atoms with E-state index in [9.17, 15) is 4.79 Å². The van der Waals surface area contributed by atoms with E-state index < -0.39 is 0 Å². The van der Waals surface area contributed by atoms with Crippen LogP contribution in [0.15, 0.2) is 0 Å². The Morgan fingerprint density at radius 2 is 1.68 bits per heavy atom. The van der Waals surface area contributed by atoms with Crippen molar-refractivity contribution in [3.8, 4) is 11.8 Å². The van der Waals surface area contributed by atoms with Crippen molar-refractivity contribution in [1.82, 2.24) is 5.32 Å². The van der Waals surface area contributed by atoms with E-state index >= 15 is 0 Å². The molecule has 7 heteroatoms. The van der Waals surface area contributed by atoms with Gasteiger partial charge in [0.1, 0.15) is 5.44 Å². The first-order valence-electron chi connectivity index (χ1n) is 10.2. The molecule has 0 aromatic rings. The van der Waals surface area contributed by atoms with Crippen molar-refractivity contribution in [3.05, 3.63) is 0 Å². The first-order chi connectivity index (χ1) is 13.5. The van der Waals surface area contributed by atoms with Crippen molar-refractivity contribution in [3.63, 3.8) is 0 Å². The van der Waals surface area contributed by atoms with E-state index in [1.165, 1.54) is 12.8 Å². The van der Waals surface area contributed by atoms with Gasteiger partial charge < -0.3 is 19.5 Å². The number of carbonyl (C=O) groups is 1. The topological polar surface area (TPSA) is 56.8 Å². The maximum Gasteiger partial charge on any atom is 0.223 e. The molecule has 1 amide bonds. The van der Waals surface area contributed by atoms with E-state index in [4.69, 9.17) is 14.2 Å². The molecule has 0 radical (unpaired) electrons. The third-order valence-corrected chi connectivity index (χ3v) is 5.57. The molecule has 0 aromatic heterocycles. The molecule has 0 aliphatic carbocycles. The molecule has 1 unspecified atom stereocenters. The number of hydrogen-bond acceptors (Lipinski definition) is 6. The summed E-state index contributed by atoms with van der Waals surface area (Å²) in [6, 6.07) is 0. The Morgan fingerprint density at radius 3 is 2.32 bits per heavy atom. The Bertz CT molecular complexity index is 436. The van der Waals surface area contributed by atoms with Gasteiger partial charge in [-0.3, -0.25) is 4.79 Å². The number of nitrogens with one attached hydrogen (secondary N) is 1. The zero-order valence-electron chi connectivity index (χ0n) is 18.3. The highest BCUT2D eigenvalue weighted by Crippen LogP contribution is 2.28. The van der Waals surface area contributed by atoms with Crippen molar-refractivity contribution in [1.29, 1.82) is 0 Å². The van der Waals surface area contributed by atoms with E-state index in [1.807, 2.05) is 13.8 Å². The van der Waals surface area contributed by atoms with E-state index in [1.54, 1.807) is 21.6 Å². The fourth-order valence-corrected chi connectivity index (χ4v) is 3.90. The molecule has 0 aromatic carbocycles. The zero-order valence-corrected chi connectivity index (χ0v) is 19.9. The quantitative estimate of drug-likeness (QED) is 0.159. The molecule has 1 N–H and O–H groups in total. The molecule has 164 valence electrons. The van der Waals surface area contributed by atoms with Crippen LogP contribution in [0.1, 0.15) is 53.4 Å². The summed E-state index contributed by atoms with van der Waals surface area (Å²) in [6.07, 6.45) is 5.94. The molecule has 0 saturated carbocycles. The molecule has 0 saturated heterocycles. The molecule has 0 bridgehead atoms. The van der Waals surface area contributed by atoms with E-state index in [-0.39, 0.29) is 11.3 Å². The third kappa shape index (κ3) is 20.3. The van der Waals surface area contributed by atoms with E-state index in [0.717, 1.165) is 12.3 Å². The molecule has 0 heterocycles. The highest BCUT2D eigenvalue weighted by molar-refractivity contribution is 8.76. The Balaban J connectivity index is 3.52.